The molecule has 9 nitrogen and oxygen atoms in total. The summed E-state index contributed by atoms with van der Waals surface area (Å²) in [6.45, 7) is 2.01. The fraction of sp³-hybridized carbons (Fsp3) is 0.211. The SMILES string of the molecule is Cc1ccc(NC(=O)CN2C(=O)NC(C)(c3cc(F)ccc3F)C2=O)cc1[N+](=O)[O-]. The molecule has 1 heterocycles. The molecule has 0 radical (unpaired) electrons. The van der Waals surface area contributed by atoms with Crippen LogP contribution >= 0.6 is 0 Å². The van der Waals surface area contributed by atoms with Gasteiger partial charge in [-0.2, -0.15) is 0 Å². The van der Waals surface area contributed by atoms with Crippen LogP contribution in [0, 0.1) is 28.7 Å². The second-order valence-electron chi connectivity index (χ2n) is 6.88. The number of carbonyl (C=O) groups is 3. The van der Waals surface area contributed by atoms with Crippen molar-refractivity contribution in [1.29, 1.82) is 0 Å². The van der Waals surface area contributed by atoms with Crippen LogP contribution in [0.2, 0.25) is 0 Å². The Bertz CT molecular complexity index is 1090. The maximum atomic E-state index is 14.2. The minimum Gasteiger partial charge on any atom is -0.324 e. The summed E-state index contributed by atoms with van der Waals surface area (Å²) in [7, 11) is 0. The van der Waals surface area contributed by atoms with Crippen molar-refractivity contribution in [1.82, 2.24) is 10.2 Å². The normalized spacial score (nSPS) is 18.3. The third-order valence-electron chi connectivity index (χ3n) is 4.73. The third-order valence-corrected chi connectivity index (χ3v) is 4.73. The topological polar surface area (TPSA) is 122 Å². The molecule has 1 atom stereocenters. The monoisotopic (exact) mass is 418 g/mol. The van der Waals surface area contributed by atoms with Crippen LogP contribution in [0.5, 0.6) is 0 Å². The van der Waals surface area contributed by atoms with Crippen molar-refractivity contribution in [2.45, 2.75) is 19.4 Å². The summed E-state index contributed by atoms with van der Waals surface area (Å²) in [6.07, 6.45) is 0. The smallest absolute Gasteiger partial charge is 0.324 e. The van der Waals surface area contributed by atoms with E-state index >= 15 is 0 Å². The summed E-state index contributed by atoms with van der Waals surface area (Å²) >= 11 is 0. The summed E-state index contributed by atoms with van der Waals surface area (Å²) in [5.41, 5.74) is -2.00. The lowest BCUT2D eigenvalue weighted by Gasteiger charge is -2.22. The van der Waals surface area contributed by atoms with Crippen molar-refractivity contribution >= 4 is 29.2 Å². The predicted octanol–water partition coefficient (Wildman–Crippen LogP) is 2.59. The maximum absolute atomic E-state index is 14.2. The van der Waals surface area contributed by atoms with Crippen LogP contribution in [0.3, 0.4) is 0 Å². The van der Waals surface area contributed by atoms with Crippen molar-refractivity contribution < 1.29 is 28.1 Å². The standard InChI is InChI=1S/C19H16F2N4O5/c1-10-3-5-12(8-15(10)25(29)30)22-16(26)9-24-17(27)19(2,23-18(24)28)13-7-11(20)4-6-14(13)21/h3-8H,9H2,1-2H3,(H,22,26)(H,23,28). The van der Waals surface area contributed by atoms with Gasteiger partial charge in [0.15, 0.2) is 0 Å². The summed E-state index contributed by atoms with van der Waals surface area (Å²) in [5, 5.41) is 15.7. The van der Waals surface area contributed by atoms with Crippen LogP contribution in [0.15, 0.2) is 36.4 Å². The van der Waals surface area contributed by atoms with Crippen LogP contribution < -0.4 is 10.6 Å². The molecular weight excluding hydrogens is 402 g/mol. The molecule has 0 aliphatic carbocycles. The number of nitro benzene ring substituents is 1. The molecule has 2 aromatic rings. The van der Waals surface area contributed by atoms with Crippen LogP contribution in [0.25, 0.3) is 0 Å². The molecule has 0 saturated carbocycles. The number of imide groups is 1. The fourth-order valence-electron chi connectivity index (χ4n) is 3.13. The number of nitrogens with one attached hydrogen (secondary N) is 2. The zero-order valence-corrected chi connectivity index (χ0v) is 15.9. The zero-order valence-electron chi connectivity index (χ0n) is 15.9. The van der Waals surface area contributed by atoms with E-state index in [-0.39, 0.29) is 16.9 Å². The van der Waals surface area contributed by atoms with Crippen LogP contribution in [-0.4, -0.2) is 34.2 Å². The largest absolute Gasteiger partial charge is 0.325 e. The Morgan fingerprint density at radius 3 is 2.60 bits per heavy atom. The molecule has 2 aromatic carbocycles. The minimum atomic E-state index is -1.90. The Morgan fingerprint density at radius 2 is 1.93 bits per heavy atom. The van der Waals surface area contributed by atoms with Gasteiger partial charge in [-0.05, 0) is 38.1 Å². The highest BCUT2D eigenvalue weighted by Gasteiger charge is 2.50. The van der Waals surface area contributed by atoms with E-state index in [1.807, 2.05) is 0 Å². The minimum absolute atomic E-state index is 0.100. The van der Waals surface area contributed by atoms with Gasteiger partial charge in [0.1, 0.15) is 23.7 Å². The molecule has 1 saturated heterocycles. The highest BCUT2D eigenvalue weighted by Crippen LogP contribution is 2.31. The third kappa shape index (κ3) is 3.69. The van der Waals surface area contributed by atoms with Crippen molar-refractivity contribution in [3.05, 3.63) is 69.3 Å². The average molecular weight is 418 g/mol. The lowest BCUT2D eigenvalue weighted by molar-refractivity contribution is -0.385. The first-order valence-corrected chi connectivity index (χ1v) is 8.67. The molecule has 4 amide bonds. The Hall–Kier alpha value is -3.89. The average Bonchev–Trinajstić information content (AvgIpc) is 2.89. The second-order valence-corrected chi connectivity index (χ2v) is 6.88. The number of carbonyl (C=O) groups excluding carboxylic acids is 3. The van der Waals surface area contributed by atoms with E-state index in [2.05, 4.69) is 10.6 Å². The van der Waals surface area contributed by atoms with Gasteiger partial charge in [0, 0.05) is 22.9 Å². The number of anilines is 1. The quantitative estimate of drug-likeness (QED) is 0.439. The highest BCUT2D eigenvalue weighted by atomic mass is 19.1. The van der Waals surface area contributed by atoms with Crippen molar-refractivity contribution in [3.8, 4) is 0 Å². The summed E-state index contributed by atoms with van der Waals surface area (Å²) in [6, 6.07) is 5.54. The van der Waals surface area contributed by atoms with Gasteiger partial charge < -0.3 is 10.6 Å². The molecule has 30 heavy (non-hydrogen) atoms. The first kappa shape index (κ1) is 20.8. The number of hydrogen-bond donors (Lipinski definition) is 2. The Morgan fingerprint density at radius 1 is 1.23 bits per heavy atom. The van der Waals surface area contributed by atoms with E-state index in [0.717, 1.165) is 24.3 Å². The van der Waals surface area contributed by atoms with Gasteiger partial charge in [-0.25, -0.2) is 13.6 Å². The van der Waals surface area contributed by atoms with Gasteiger partial charge in [0.2, 0.25) is 5.91 Å². The molecule has 1 aliphatic rings. The number of benzene rings is 2. The van der Waals surface area contributed by atoms with Crippen molar-refractivity contribution in [2.75, 3.05) is 11.9 Å². The highest BCUT2D eigenvalue weighted by molar-refractivity contribution is 6.10. The number of halogens is 2. The van der Waals surface area contributed by atoms with Gasteiger partial charge in [0.05, 0.1) is 4.92 Å². The number of urea groups is 1. The van der Waals surface area contributed by atoms with Gasteiger partial charge in [-0.1, -0.05) is 6.07 Å². The number of rotatable bonds is 5. The number of nitrogens with zero attached hydrogens (tertiary/aromatic N) is 2. The molecule has 0 aromatic heterocycles. The maximum Gasteiger partial charge on any atom is 0.325 e. The zero-order chi connectivity index (χ0) is 22.2. The molecule has 0 bridgehead atoms. The molecule has 0 spiro atoms. The van der Waals surface area contributed by atoms with Gasteiger partial charge in [-0.15, -0.1) is 0 Å². The van der Waals surface area contributed by atoms with E-state index < -0.39 is 46.5 Å². The molecule has 1 fully saturated rings. The Kier molecular flexibility index (Phi) is 5.21. The van der Waals surface area contributed by atoms with Crippen molar-refractivity contribution in [3.63, 3.8) is 0 Å². The Balaban J connectivity index is 1.79. The summed E-state index contributed by atoms with van der Waals surface area (Å²) in [4.78, 5) is 48.3. The fourth-order valence-corrected chi connectivity index (χ4v) is 3.13. The molecular formula is C19H16F2N4O5. The number of amides is 4. The molecule has 1 aliphatic heterocycles. The molecule has 11 heteroatoms. The molecule has 3 rings (SSSR count). The lowest BCUT2D eigenvalue weighted by atomic mass is 9.91. The van der Waals surface area contributed by atoms with E-state index in [9.17, 15) is 33.3 Å². The first-order valence-electron chi connectivity index (χ1n) is 8.67. The number of hydrogen-bond acceptors (Lipinski definition) is 5. The molecule has 156 valence electrons. The lowest BCUT2D eigenvalue weighted by Crippen LogP contribution is -2.42. The van der Waals surface area contributed by atoms with Crippen LogP contribution in [0.1, 0.15) is 18.1 Å². The number of nitro groups is 1. The Labute approximate surface area is 168 Å². The van der Waals surface area contributed by atoms with E-state index in [4.69, 9.17) is 0 Å². The second kappa shape index (κ2) is 7.50. The molecule has 1 unspecified atom stereocenters. The molecule has 2 N–H and O–H groups in total. The van der Waals surface area contributed by atoms with Crippen LogP contribution in [0.4, 0.5) is 25.0 Å². The van der Waals surface area contributed by atoms with E-state index in [1.165, 1.54) is 26.0 Å². The van der Waals surface area contributed by atoms with Gasteiger partial charge >= 0.3 is 6.03 Å². The van der Waals surface area contributed by atoms with Gasteiger partial charge in [0.25, 0.3) is 11.6 Å². The summed E-state index contributed by atoms with van der Waals surface area (Å²) < 4.78 is 27.7. The van der Waals surface area contributed by atoms with Crippen molar-refractivity contribution in [2.24, 2.45) is 0 Å². The van der Waals surface area contributed by atoms with E-state index in [0.29, 0.717) is 10.5 Å². The number of aryl methyl sites for hydroxylation is 1. The first-order chi connectivity index (χ1) is 14.0. The van der Waals surface area contributed by atoms with Gasteiger partial charge in [-0.3, -0.25) is 24.6 Å². The van der Waals surface area contributed by atoms with Crippen LogP contribution in [-0.2, 0) is 15.1 Å². The predicted molar refractivity (Wildman–Crippen MR) is 100 cm³/mol. The van der Waals surface area contributed by atoms with E-state index in [1.54, 1.807) is 0 Å². The summed E-state index contributed by atoms with van der Waals surface area (Å²) in [5.74, 6) is -3.44.